The van der Waals surface area contributed by atoms with Crippen LogP contribution in [-0.4, -0.2) is 41.1 Å². The van der Waals surface area contributed by atoms with E-state index in [0.29, 0.717) is 18.4 Å². The third-order valence-electron chi connectivity index (χ3n) is 6.06. The summed E-state index contributed by atoms with van der Waals surface area (Å²) < 4.78 is 16.5. The number of hydrogen-bond acceptors (Lipinski definition) is 8. The molecule has 0 saturated carbocycles. The van der Waals surface area contributed by atoms with E-state index >= 15 is 0 Å². The lowest BCUT2D eigenvalue weighted by molar-refractivity contribution is -0.149. The largest absolute Gasteiger partial charge is 0.480 e. The Balaban J connectivity index is 3.37. The number of carboxylic acids is 1. The highest BCUT2D eigenvalue weighted by Gasteiger charge is 2.30. The van der Waals surface area contributed by atoms with Gasteiger partial charge in [0.2, 0.25) is 0 Å². The van der Waals surface area contributed by atoms with Gasteiger partial charge in [-0.25, -0.2) is 0 Å². The second-order valence-electron chi connectivity index (χ2n) is 9.77. The van der Waals surface area contributed by atoms with Crippen molar-refractivity contribution in [3.05, 3.63) is 23.8 Å². The lowest BCUT2D eigenvalue weighted by Gasteiger charge is -2.26. The fraction of sp³-hybridized carbons (Fsp3) is 0.630. The van der Waals surface area contributed by atoms with Gasteiger partial charge in [0.15, 0.2) is 11.5 Å². The molecule has 1 aromatic carbocycles. The highest BCUT2D eigenvalue weighted by Crippen LogP contribution is 2.35. The smallest absolute Gasteiger partial charge is 0.321 e. The minimum absolute atomic E-state index is 0.00139. The molecular formula is C27H41NO8. The van der Waals surface area contributed by atoms with Gasteiger partial charge in [0, 0.05) is 12.3 Å². The Bertz CT molecular complexity index is 913. The number of ether oxygens (including phenoxy) is 3. The average molecular weight is 508 g/mol. The lowest BCUT2D eigenvalue weighted by Crippen LogP contribution is -2.38. The maximum absolute atomic E-state index is 12.5. The van der Waals surface area contributed by atoms with Crippen molar-refractivity contribution in [1.82, 2.24) is 0 Å². The van der Waals surface area contributed by atoms with Gasteiger partial charge >= 0.3 is 23.9 Å². The Morgan fingerprint density at radius 2 is 1.42 bits per heavy atom. The van der Waals surface area contributed by atoms with Crippen LogP contribution >= 0.6 is 0 Å². The Morgan fingerprint density at radius 3 is 1.89 bits per heavy atom. The summed E-state index contributed by atoms with van der Waals surface area (Å²) >= 11 is 0. The van der Waals surface area contributed by atoms with Crippen LogP contribution in [0.25, 0.3) is 0 Å². The molecule has 0 aliphatic carbocycles. The topological polar surface area (TPSA) is 142 Å². The zero-order chi connectivity index (χ0) is 27.6. The van der Waals surface area contributed by atoms with Gasteiger partial charge in [-0.1, -0.05) is 47.6 Å². The first-order valence-electron chi connectivity index (χ1n) is 12.6. The Kier molecular flexibility index (Phi) is 12.6. The molecule has 36 heavy (non-hydrogen) atoms. The minimum Gasteiger partial charge on any atom is -0.480 e. The molecular weight excluding hydrogens is 466 g/mol. The van der Waals surface area contributed by atoms with Crippen molar-refractivity contribution in [3.63, 3.8) is 0 Å². The van der Waals surface area contributed by atoms with Gasteiger partial charge in [-0.15, -0.1) is 0 Å². The first kappa shape index (κ1) is 31.1. The Morgan fingerprint density at radius 1 is 0.889 bits per heavy atom. The van der Waals surface area contributed by atoms with E-state index in [1.54, 1.807) is 26.8 Å². The number of carbonyl (C=O) groups is 4. The number of aliphatic carboxylic acids is 1. The van der Waals surface area contributed by atoms with Crippen LogP contribution in [0.2, 0.25) is 0 Å². The summed E-state index contributed by atoms with van der Waals surface area (Å²) in [5, 5.41) is 9.62. The number of esters is 3. The summed E-state index contributed by atoms with van der Waals surface area (Å²) in [5.74, 6) is -3.95. The zero-order valence-corrected chi connectivity index (χ0v) is 22.4. The summed E-state index contributed by atoms with van der Waals surface area (Å²) in [5.41, 5.74) is 6.47. The average Bonchev–Trinajstić information content (AvgIpc) is 2.81. The van der Waals surface area contributed by atoms with Crippen molar-refractivity contribution in [2.24, 2.45) is 23.5 Å². The SMILES string of the molecule is CCC(C)C(=O)Oc1ccc(C(CC(C)OC(=O)CC(C)C)[C@H](N)C(=O)O)cc1OC(=O)C(C)CC. The molecule has 202 valence electrons. The fourth-order valence-electron chi connectivity index (χ4n) is 3.34. The van der Waals surface area contributed by atoms with Crippen molar-refractivity contribution < 1.29 is 38.5 Å². The molecule has 9 nitrogen and oxygen atoms in total. The molecule has 0 amide bonds. The van der Waals surface area contributed by atoms with E-state index in [9.17, 15) is 24.3 Å². The van der Waals surface area contributed by atoms with Gasteiger partial charge in [0.25, 0.3) is 0 Å². The zero-order valence-electron chi connectivity index (χ0n) is 22.4. The lowest BCUT2D eigenvalue weighted by atomic mass is 9.87. The van der Waals surface area contributed by atoms with Crippen molar-refractivity contribution in [3.8, 4) is 11.5 Å². The van der Waals surface area contributed by atoms with Crippen molar-refractivity contribution in [2.75, 3.05) is 0 Å². The molecule has 0 saturated heterocycles. The molecule has 0 aromatic heterocycles. The summed E-state index contributed by atoms with van der Waals surface area (Å²) in [6, 6.07) is 3.19. The summed E-state index contributed by atoms with van der Waals surface area (Å²) in [7, 11) is 0. The highest BCUT2D eigenvalue weighted by molar-refractivity contribution is 5.79. The third kappa shape index (κ3) is 9.60. The van der Waals surface area contributed by atoms with Gasteiger partial charge in [-0.2, -0.15) is 0 Å². The molecule has 4 unspecified atom stereocenters. The molecule has 0 spiro atoms. The molecule has 3 N–H and O–H groups in total. The van der Waals surface area contributed by atoms with Crippen molar-refractivity contribution in [1.29, 1.82) is 0 Å². The highest BCUT2D eigenvalue weighted by atomic mass is 16.6. The van der Waals surface area contributed by atoms with Crippen molar-refractivity contribution >= 4 is 23.9 Å². The van der Waals surface area contributed by atoms with E-state index in [2.05, 4.69) is 0 Å². The van der Waals surface area contributed by atoms with Gasteiger partial charge in [0.1, 0.15) is 6.04 Å². The standard InChI is InChI=1S/C27H41NO8/c1-8-16(5)26(32)35-21-11-10-19(14-22(21)36-27(33)17(6)9-2)20(24(28)25(30)31)13-18(7)34-23(29)12-15(3)4/h10-11,14-18,20,24H,8-9,12-13,28H2,1-7H3,(H,30,31)/t16?,17?,18?,20?,24-/m0/s1. The molecule has 0 heterocycles. The molecule has 5 atom stereocenters. The number of carboxylic acid groups (broad SMARTS) is 1. The molecule has 0 fully saturated rings. The predicted molar refractivity (Wildman–Crippen MR) is 135 cm³/mol. The van der Waals surface area contributed by atoms with Gasteiger partial charge in [-0.05, 0) is 49.8 Å². The van der Waals surface area contributed by atoms with Crippen LogP contribution in [0.3, 0.4) is 0 Å². The number of benzene rings is 1. The molecule has 0 bridgehead atoms. The molecule has 1 rings (SSSR count). The Labute approximate surface area is 213 Å². The van der Waals surface area contributed by atoms with E-state index < -0.39 is 41.9 Å². The minimum atomic E-state index is -1.32. The third-order valence-corrected chi connectivity index (χ3v) is 6.06. The van der Waals surface area contributed by atoms with Gasteiger partial charge < -0.3 is 25.1 Å². The van der Waals surface area contributed by atoms with E-state index in [1.807, 2.05) is 27.7 Å². The normalized spacial score (nSPS) is 15.4. The summed E-state index contributed by atoms with van der Waals surface area (Å²) in [6.45, 7) is 12.6. The van der Waals surface area contributed by atoms with Crippen molar-refractivity contribution in [2.45, 2.75) is 92.2 Å². The molecule has 0 radical (unpaired) electrons. The van der Waals surface area contributed by atoms with Crippen LogP contribution < -0.4 is 15.2 Å². The van der Waals surface area contributed by atoms with Crippen LogP contribution in [-0.2, 0) is 23.9 Å². The van der Waals surface area contributed by atoms with Crippen LogP contribution in [0.4, 0.5) is 0 Å². The number of hydrogen-bond donors (Lipinski definition) is 2. The van der Waals surface area contributed by atoms with E-state index in [0.717, 1.165) is 0 Å². The number of carbonyl (C=O) groups excluding carboxylic acids is 3. The van der Waals surface area contributed by atoms with Crippen LogP contribution in [0.1, 0.15) is 85.6 Å². The Hall–Kier alpha value is -2.94. The molecule has 1 aromatic rings. The van der Waals surface area contributed by atoms with Gasteiger partial charge in [-0.3, -0.25) is 19.2 Å². The monoisotopic (exact) mass is 507 g/mol. The number of nitrogens with two attached hydrogens (primary N) is 1. The quantitative estimate of drug-likeness (QED) is 0.276. The first-order chi connectivity index (χ1) is 16.8. The number of rotatable bonds is 14. The summed E-state index contributed by atoms with van der Waals surface area (Å²) in [4.78, 5) is 48.8. The van der Waals surface area contributed by atoms with Crippen LogP contribution in [0.15, 0.2) is 18.2 Å². The molecule has 0 aliphatic heterocycles. The second-order valence-corrected chi connectivity index (χ2v) is 9.77. The predicted octanol–water partition coefficient (Wildman–Crippen LogP) is 4.45. The second kappa shape index (κ2) is 14.6. The first-order valence-corrected chi connectivity index (χ1v) is 12.6. The van der Waals surface area contributed by atoms with Crippen LogP contribution in [0, 0.1) is 17.8 Å². The molecule has 0 aliphatic rings. The summed E-state index contributed by atoms with van der Waals surface area (Å²) in [6.07, 6.45) is 0.878. The van der Waals surface area contributed by atoms with Crippen LogP contribution in [0.5, 0.6) is 11.5 Å². The maximum Gasteiger partial charge on any atom is 0.321 e. The van der Waals surface area contributed by atoms with E-state index in [4.69, 9.17) is 19.9 Å². The van der Waals surface area contributed by atoms with E-state index in [1.165, 1.54) is 12.1 Å². The maximum atomic E-state index is 12.5. The fourth-order valence-corrected chi connectivity index (χ4v) is 3.34. The van der Waals surface area contributed by atoms with Gasteiger partial charge in [0.05, 0.1) is 17.9 Å². The molecule has 9 heteroatoms. The van der Waals surface area contributed by atoms with E-state index in [-0.39, 0.29) is 42.1 Å².